The number of aromatic hydroxyl groups is 1. The zero-order chi connectivity index (χ0) is 14.5. The molecule has 0 spiro atoms. The van der Waals surface area contributed by atoms with E-state index < -0.39 is 5.91 Å². The van der Waals surface area contributed by atoms with Gasteiger partial charge in [-0.3, -0.25) is 4.79 Å². The van der Waals surface area contributed by atoms with Crippen LogP contribution in [0.3, 0.4) is 0 Å². The summed E-state index contributed by atoms with van der Waals surface area (Å²) >= 11 is 0. The molecule has 4 heteroatoms. The number of benzene rings is 2. The predicted octanol–water partition coefficient (Wildman–Crippen LogP) is 2.85. The Kier molecular flexibility index (Phi) is 4.15. The van der Waals surface area contributed by atoms with E-state index in [-0.39, 0.29) is 11.3 Å². The lowest BCUT2D eigenvalue weighted by Gasteiger charge is -2.04. The van der Waals surface area contributed by atoms with E-state index in [4.69, 9.17) is 0 Å². The summed E-state index contributed by atoms with van der Waals surface area (Å²) in [4.78, 5) is 11.9. The van der Waals surface area contributed by atoms with Crippen LogP contribution < -0.4 is 5.43 Å². The minimum Gasteiger partial charge on any atom is -0.507 e. The second-order valence-corrected chi connectivity index (χ2v) is 4.52. The van der Waals surface area contributed by atoms with Gasteiger partial charge < -0.3 is 5.11 Å². The van der Waals surface area contributed by atoms with Crippen molar-refractivity contribution in [3.05, 3.63) is 65.2 Å². The van der Waals surface area contributed by atoms with Crippen molar-refractivity contribution in [2.24, 2.45) is 5.10 Å². The maximum atomic E-state index is 11.9. The number of hydrogen-bond donors (Lipinski definition) is 2. The highest BCUT2D eigenvalue weighted by Crippen LogP contribution is 2.15. The molecule has 0 saturated heterocycles. The highest BCUT2D eigenvalue weighted by molar-refractivity contribution is 6.01. The molecular formula is C16H16N2O2. The van der Waals surface area contributed by atoms with E-state index in [0.717, 1.165) is 5.56 Å². The molecule has 4 nitrogen and oxygen atoms in total. The molecule has 2 aromatic rings. The van der Waals surface area contributed by atoms with E-state index in [1.54, 1.807) is 18.2 Å². The Morgan fingerprint density at radius 3 is 2.40 bits per heavy atom. The van der Waals surface area contributed by atoms with E-state index in [1.807, 2.05) is 38.1 Å². The van der Waals surface area contributed by atoms with E-state index in [2.05, 4.69) is 10.5 Å². The van der Waals surface area contributed by atoms with E-state index >= 15 is 0 Å². The smallest absolute Gasteiger partial charge is 0.275 e. The molecule has 0 radical (unpaired) electrons. The van der Waals surface area contributed by atoms with Crippen molar-refractivity contribution in [1.82, 2.24) is 5.43 Å². The van der Waals surface area contributed by atoms with E-state index in [1.165, 1.54) is 11.6 Å². The molecule has 1 amide bonds. The van der Waals surface area contributed by atoms with Gasteiger partial charge in [-0.2, -0.15) is 5.10 Å². The summed E-state index contributed by atoms with van der Waals surface area (Å²) in [6.45, 7) is 3.83. The lowest BCUT2D eigenvalue weighted by molar-refractivity contribution is 0.0952. The molecule has 0 aliphatic rings. The number of aryl methyl sites for hydroxylation is 1. The zero-order valence-electron chi connectivity index (χ0n) is 11.4. The van der Waals surface area contributed by atoms with Crippen LogP contribution in [0.25, 0.3) is 0 Å². The number of para-hydroxylation sites is 1. The molecule has 2 aromatic carbocycles. The second kappa shape index (κ2) is 6.02. The molecule has 0 saturated carbocycles. The fourth-order valence-electron chi connectivity index (χ4n) is 1.72. The van der Waals surface area contributed by atoms with Crippen LogP contribution >= 0.6 is 0 Å². The number of hydrazone groups is 1. The van der Waals surface area contributed by atoms with Crippen molar-refractivity contribution in [2.45, 2.75) is 13.8 Å². The van der Waals surface area contributed by atoms with Crippen LogP contribution in [0.4, 0.5) is 0 Å². The molecule has 0 bridgehead atoms. The molecule has 0 aliphatic carbocycles. The third-order valence-corrected chi connectivity index (χ3v) is 2.94. The van der Waals surface area contributed by atoms with Crippen molar-refractivity contribution in [1.29, 1.82) is 0 Å². The highest BCUT2D eigenvalue weighted by atomic mass is 16.3. The number of nitrogens with one attached hydrogen (secondary N) is 1. The lowest BCUT2D eigenvalue weighted by atomic mass is 10.1. The summed E-state index contributed by atoms with van der Waals surface area (Å²) in [5.41, 5.74) is 5.45. The van der Waals surface area contributed by atoms with Gasteiger partial charge in [0.05, 0.1) is 11.3 Å². The number of carbonyl (C=O) groups is 1. The Morgan fingerprint density at radius 2 is 1.75 bits per heavy atom. The standard InChI is InChI=1S/C16H16N2O2/c1-11-7-9-13(10-8-11)12(2)17-18-16(20)14-5-3-4-6-15(14)19/h3-10,19H,1-2H3,(H,18,20). The topological polar surface area (TPSA) is 61.7 Å². The average Bonchev–Trinajstić information content (AvgIpc) is 2.45. The van der Waals surface area contributed by atoms with Gasteiger partial charge >= 0.3 is 0 Å². The molecule has 0 fully saturated rings. The summed E-state index contributed by atoms with van der Waals surface area (Å²) in [6.07, 6.45) is 0. The number of amides is 1. The Balaban J connectivity index is 2.11. The van der Waals surface area contributed by atoms with Crippen LogP contribution in [0, 0.1) is 6.92 Å². The molecule has 20 heavy (non-hydrogen) atoms. The number of phenols is 1. The van der Waals surface area contributed by atoms with Crippen LogP contribution in [-0.2, 0) is 0 Å². The molecule has 0 unspecified atom stereocenters. The Morgan fingerprint density at radius 1 is 1.10 bits per heavy atom. The van der Waals surface area contributed by atoms with Gasteiger partial charge in [0.1, 0.15) is 5.75 Å². The van der Waals surface area contributed by atoms with Gasteiger partial charge in [0.2, 0.25) is 0 Å². The maximum Gasteiger partial charge on any atom is 0.275 e. The third-order valence-electron chi connectivity index (χ3n) is 2.94. The quantitative estimate of drug-likeness (QED) is 0.664. The number of phenolic OH excluding ortho intramolecular Hbond substituents is 1. The number of carbonyl (C=O) groups excluding carboxylic acids is 1. The Hall–Kier alpha value is -2.62. The van der Waals surface area contributed by atoms with Crippen molar-refractivity contribution in [3.63, 3.8) is 0 Å². The molecule has 0 heterocycles. The predicted molar refractivity (Wildman–Crippen MR) is 79.0 cm³/mol. The SMILES string of the molecule is CC(=NNC(=O)c1ccccc1O)c1ccc(C)cc1. The van der Waals surface area contributed by atoms with E-state index in [9.17, 15) is 9.90 Å². The van der Waals surface area contributed by atoms with Gasteiger partial charge in [0.25, 0.3) is 5.91 Å². The first-order chi connectivity index (χ1) is 9.58. The van der Waals surface area contributed by atoms with E-state index in [0.29, 0.717) is 5.71 Å². The molecule has 2 N–H and O–H groups in total. The average molecular weight is 268 g/mol. The number of rotatable bonds is 3. The van der Waals surface area contributed by atoms with Gasteiger partial charge in [-0.25, -0.2) is 5.43 Å². The first kappa shape index (κ1) is 13.8. The van der Waals surface area contributed by atoms with Gasteiger partial charge in [-0.1, -0.05) is 42.0 Å². The number of nitrogens with zero attached hydrogens (tertiary/aromatic N) is 1. The first-order valence-electron chi connectivity index (χ1n) is 6.27. The maximum absolute atomic E-state index is 11.9. The van der Waals surface area contributed by atoms with Crippen molar-refractivity contribution in [3.8, 4) is 5.75 Å². The van der Waals surface area contributed by atoms with Gasteiger partial charge in [0, 0.05) is 0 Å². The zero-order valence-corrected chi connectivity index (χ0v) is 11.4. The summed E-state index contributed by atoms with van der Waals surface area (Å²) in [5.74, 6) is -0.497. The summed E-state index contributed by atoms with van der Waals surface area (Å²) in [5, 5.41) is 13.6. The van der Waals surface area contributed by atoms with Crippen LogP contribution in [0.1, 0.15) is 28.4 Å². The van der Waals surface area contributed by atoms with Crippen LogP contribution in [-0.4, -0.2) is 16.7 Å². The minimum absolute atomic E-state index is 0.0619. The third kappa shape index (κ3) is 3.23. The van der Waals surface area contributed by atoms with Crippen molar-refractivity contribution in [2.75, 3.05) is 0 Å². The van der Waals surface area contributed by atoms with Gasteiger partial charge in [-0.15, -0.1) is 0 Å². The summed E-state index contributed by atoms with van der Waals surface area (Å²) < 4.78 is 0. The van der Waals surface area contributed by atoms with Crippen LogP contribution in [0.2, 0.25) is 0 Å². The molecule has 0 aliphatic heterocycles. The highest BCUT2D eigenvalue weighted by Gasteiger charge is 2.09. The van der Waals surface area contributed by atoms with Crippen LogP contribution in [0.15, 0.2) is 53.6 Å². The fourth-order valence-corrected chi connectivity index (χ4v) is 1.72. The van der Waals surface area contributed by atoms with Crippen LogP contribution in [0.5, 0.6) is 5.75 Å². The Bertz CT molecular complexity index is 646. The molecule has 2 rings (SSSR count). The monoisotopic (exact) mass is 268 g/mol. The van der Waals surface area contributed by atoms with Crippen molar-refractivity contribution >= 4 is 11.6 Å². The summed E-state index contributed by atoms with van der Waals surface area (Å²) in [6, 6.07) is 14.2. The van der Waals surface area contributed by atoms with Crippen molar-refractivity contribution < 1.29 is 9.90 Å². The van der Waals surface area contributed by atoms with Gasteiger partial charge in [-0.05, 0) is 31.5 Å². The first-order valence-corrected chi connectivity index (χ1v) is 6.27. The largest absolute Gasteiger partial charge is 0.507 e. The summed E-state index contributed by atoms with van der Waals surface area (Å²) in [7, 11) is 0. The van der Waals surface area contributed by atoms with Gasteiger partial charge in [0.15, 0.2) is 0 Å². The molecule has 0 aromatic heterocycles. The molecule has 0 atom stereocenters. The minimum atomic E-state index is -0.436. The Labute approximate surface area is 117 Å². The second-order valence-electron chi connectivity index (χ2n) is 4.52. The number of hydrogen-bond acceptors (Lipinski definition) is 3. The normalized spacial score (nSPS) is 11.2. The lowest BCUT2D eigenvalue weighted by Crippen LogP contribution is -2.19. The molecule has 102 valence electrons. The fraction of sp³-hybridized carbons (Fsp3) is 0.125. The molecular weight excluding hydrogens is 252 g/mol.